The van der Waals surface area contributed by atoms with Gasteiger partial charge >= 0.3 is 11.9 Å². The number of nitrogens with one attached hydrogen (secondary N) is 1. The molecular formula is C23H24F3N5O3. The molecule has 0 spiro atoms. The summed E-state index contributed by atoms with van der Waals surface area (Å²) in [5.74, 6) is -0.411. The molecular weight excluding hydrogens is 451 g/mol. The van der Waals surface area contributed by atoms with Crippen LogP contribution in [0, 0.1) is 0 Å². The lowest BCUT2D eigenvalue weighted by Crippen LogP contribution is -2.44. The predicted octanol–water partition coefficient (Wildman–Crippen LogP) is 2.05. The van der Waals surface area contributed by atoms with Crippen LogP contribution in [0.1, 0.15) is 34.5 Å². The molecule has 2 aromatic heterocycles. The second-order valence-electron chi connectivity index (χ2n) is 8.50. The van der Waals surface area contributed by atoms with Gasteiger partial charge in [0, 0.05) is 39.8 Å². The van der Waals surface area contributed by atoms with Crippen molar-refractivity contribution in [3.63, 3.8) is 0 Å². The van der Waals surface area contributed by atoms with Gasteiger partial charge in [0.25, 0.3) is 11.5 Å². The highest BCUT2D eigenvalue weighted by Crippen LogP contribution is 2.30. The van der Waals surface area contributed by atoms with Crippen molar-refractivity contribution in [2.24, 2.45) is 14.1 Å². The molecule has 34 heavy (non-hydrogen) atoms. The summed E-state index contributed by atoms with van der Waals surface area (Å²) in [5, 5.41) is 3.17. The lowest BCUT2D eigenvalue weighted by Gasteiger charge is -2.32. The molecule has 1 saturated heterocycles. The average Bonchev–Trinajstić information content (AvgIpc) is 2.82. The number of aryl methyl sites for hydroxylation is 1. The molecule has 3 aromatic rings. The van der Waals surface area contributed by atoms with Gasteiger partial charge in [0.2, 0.25) is 0 Å². The monoisotopic (exact) mass is 475 g/mol. The minimum Gasteiger partial charge on any atom is -0.348 e. The van der Waals surface area contributed by atoms with Crippen molar-refractivity contribution in [2.45, 2.75) is 31.6 Å². The number of nitrogens with zero attached hydrogens (tertiary/aromatic N) is 4. The Balaban J connectivity index is 1.39. The molecule has 4 rings (SSSR count). The molecule has 0 saturated carbocycles. The Hall–Kier alpha value is -3.47. The van der Waals surface area contributed by atoms with Crippen LogP contribution in [0.3, 0.4) is 0 Å². The van der Waals surface area contributed by atoms with E-state index in [0.717, 1.165) is 10.6 Å². The molecule has 0 atom stereocenters. The molecule has 0 bridgehead atoms. The normalized spacial score (nSPS) is 15.6. The fourth-order valence-corrected chi connectivity index (χ4v) is 4.18. The largest absolute Gasteiger partial charge is 0.416 e. The van der Waals surface area contributed by atoms with Crippen molar-refractivity contribution in [1.29, 1.82) is 0 Å². The van der Waals surface area contributed by atoms with Gasteiger partial charge in [-0.15, -0.1) is 0 Å². The van der Waals surface area contributed by atoms with Crippen molar-refractivity contribution in [1.82, 2.24) is 24.3 Å². The minimum atomic E-state index is -4.37. The van der Waals surface area contributed by atoms with Crippen LogP contribution in [0.15, 0.2) is 46.0 Å². The maximum absolute atomic E-state index is 12.9. The first kappa shape index (κ1) is 23.7. The molecule has 1 amide bonds. The highest BCUT2D eigenvalue weighted by molar-refractivity contribution is 5.94. The number of hydrogen-bond acceptors (Lipinski definition) is 5. The number of likely N-dealkylation sites (tertiary alicyclic amines) is 1. The van der Waals surface area contributed by atoms with Gasteiger partial charge < -0.3 is 5.32 Å². The Morgan fingerprint density at radius 2 is 1.79 bits per heavy atom. The molecule has 11 heteroatoms. The zero-order chi connectivity index (χ0) is 24.6. The van der Waals surface area contributed by atoms with Gasteiger partial charge in [0.05, 0.1) is 10.9 Å². The number of halogens is 3. The first-order valence-corrected chi connectivity index (χ1v) is 10.8. The van der Waals surface area contributed by atoms with Crippen LogP contribution in [-0.2, 0) is 26.8 Å². The van der Waals surface area contributed by atoms with Crippen LogP contribution < -0.4 is 16.6 Å². The summed E-state index contributed by atoms with van der Waals surface area (Å²) < 4.78 is 41.0. The van der Waals surface area contributed by atoms with Gasteiger partial charge in [-0.05, 0) is 36.6 Å². The van der Waals surface area contributed by atoms with Crippen LogP contribution >= 0.6 is 0 Å². The van der Waals surface area contributed by atoms with Crippen LogP contribution in [0.5, 0.6) is 0 Å². The fourth-order valence-electron chi connectivity index (χ4n) is 4.18. The van der Waals surface area contributed by atoms with E-state index in [9.17, 15) is 27.6 Å². The number of pyridine rings is 1. The van der Waals surface area contributed by atoms with E-state index in [4.69, 9.17) is 0 Å². The fraction of sp³-hybridized carbons (Fsp3) is 0.391. The molecule has 1 aliphatic rings. The van der Waals surface area contributed by atoms with Crippen LogP contribution in [-0.4, -0.2) is 44.1 Å². The number of rotatable bonds is 4. The Kier molecular flexibility index (Phi) is 6.30. The maximum Gasteiger partial charge on any atom is 0.416 e. The third kappa shape index (κ3) is 4.74. The van der Waals surface area contributed by atoms with Gasteiger partial charge in [-0.2, -0.15) is 13.2 Å². The van der Waals surface area contributed by atoms with E-state index in [2.05, 4.69) is 15.2 Å². The summed E-state index contributed by atoms with van der Waals surface area (Å²) in [5.41, 5.74) is -0.847. The summed E-state index contributed by atoms with van der Waals surface area (Å²) in [7, 11) is 2.86. The predicted molar refractivity (Wildman–Crippen MR) is 119 cm³/mol. The summed E-state index contributed by atoms with van der Waals surface area (Å²) in [4.78, 5) is 43.5. The summed E-state index contributed by atoms with van der Waals surface area (Å²) in [6, 6.07) is 8.13. The second-order valence-corrected chi connectivity index (χ2v) is 8.50. The first-order chi connectivity index (χ1) is 16.0. The van der Waals surface area contributed by atoms with Gasteiger partial charge in [0.1, 0.15) is 11.3 Å². The van der Waals surface area contributed by atoms with E-state index in [1.54, 1.807) is 6.07 Å². The maximum atomic E-state index is 12.9. The standard InChI is InChI=1S/C23H24F3N5O3/c1-29-19-17(21(33)30(2)22(29)34)6-7-18(28-19)20(32)27-16-8-10-31(11-9-16)13-14-4-3-5-15(12-14)23(24,25)26/h3-7,12,16H,8-11,13H2,1-2H3,(H,27,32). The van der Waals surface area contributed by atoms with Crippen LogP contribution in [0.25, 0.3) is 11.0 Å². The highest BCUT2D eigenvalue weighted by Gasteiger charge is 2.30. The van der Waals surface area contributed by atoms with Crippen molar-refractivity contribution < 1.29 is 18.0 Å². The van der Waals surface area contributed by atoms with Crippen LogP contribution in [0.4, 0.5) is 13.2 Å². The Labute approximate surface area is 192 Å². The molecule has 0 radical (unpaired) electrons. The molecule has 1 aromatic carbocycles. The van der Waals surface area contributed by atoms with E-state index in [1.165, 1.54) is 42.9 Å². The second kappa shape index (κ2) is 9.05. The Morgan fingerprint density at radius 3 is 2.47 bits per heavy atom. The summed E-state index contributed by atoms with van der Waals surface area (Å²) in [6.07, 6.45) is -3.10. The number of benzene rings is 1. The van der Waals surface area contributed by atoms with E-state index < -0.39 is 28.9 Å². The van der Waals surface area contributed by atoms with Gasteiger partial charge in [-0.25, -0.2) is 9.78 Å². The number of amides is 1. The third-order valence-corrected chi connectivity index (χ3v) is 6.12. The number of hydrogen-bond donors (Lipinski definition) is 1. The molecule has 0 unspecified atom stereocenters. The molecule has 8 nitrogen and oxygen atoms in total. The average molecular weight is 475 g/mol. The molecule has 180 valence electrons. The molecule has 0 aliphatic carbocycles. The summed E-state index contributed by atoms with van der Waals surface area (Å²) in [6.45, 7) is 1.65. The van der Waals surface area contributed by atoms with E-state index in [0.29, 0.717) is 38.0 Å². The van der Waals surface area contributed by atoms with Gasteiger partial charge in [0.15, 0.2) is 0 Å². The van der Waals surface area contributed by atoms with Crippen molar-refractivity contribution in [3.05, 3.63) is 74.1 Å². The van der Waals surface area contributed by atoms with E-state index in [-0.39, 0.29) is 22.8 Å². The van der Waals surface area contributed by atoms with Crippen molar-refractivity contribution >= 4 is 16.9 Å². The molecule has 1 fully saturated rings. The highest BCUT2D eigenvalue weighted by atomic mass is 19.4. The van der Waals surface area contributed by atoms with Crippen LogP contribution in [0.2, 0.25) is 0 Å². The lowest BCUT2D eigenvalue weighted by atomic mass is 10.0. The SMILES string of the molecule is Cn1c(=O)c2ccc(C(=O)NC3CCN(Cc4cccc(C(F)(F)F)c4)CC3)nc2n(C)c1=O. The zero-order valence-corrected chi connectivity index (χ0v) is 18.7. The van der Waals surface area contributed by atoms with Gasteiger partial charge in [-0.3, -0.25) is 23.6 Å². The van der Waals surface area contributed by atoms with E-state index in [1.807, 2.05) is 0 Å². The number of fused-ring (bicyclic) bond motifs is 1. The minimum absolute atomic E-state index is 0.0992. The van der Waals surface area contributed by atoms with Gasteiger partial charge in [-0.1, -0.05) is 18.2 Å². The summed E-state index contributed by atoms with van der Waals surface area (Å²) >= 11 is 0. The molecule has 1 aliphatic heterocycles. The topological polar surface area (TPSA) is 89.2 Å². The van der Waals surface area contributed by atoms with Crippen molar-refractivity contribution in [2.75, 3.05) is 13.1 Å². The first-order valence-electron chi connectivity index (χ1n) is 10.8. The molecule has 1 N–H and O–H groups in total. The quantitative estimate of drug-likeness (QED) is 0.624. The Morgan fingerprint density at radius 1 is 1.09 bits per heavy atom. The zero-order valence-electron chi connectivity index (χ0n) is 18.7. The number of alkyl halides is 3. The molecule has 3 heterocycles. The number of piperidine rings is 1. The third-order valence-electron chi connectivity index (χ3n) is 6.12. The van der Waals surface area contributed by atoms with E-state index >= 15 is 0 Å². The lowest BCUT2D eigenvalue weighted by molar-refractivity contribution is -0.137. The van der Waals surface area contributed by atoms with Crippen molar-refractivity contribution in [3.8, 4) is 0 Å². The number of carbonyl (C=O) groups is 1. The number of aromatic nitrogens is 3. The Bertz CT molecular complexity index is 1350. The number of carbonyl (C=O) groups excluding carboxylic acids is 1. The smallest absolute Gasteiger partial charge is 0.348 e.